The van der Waals surface area contributed by atoms with Crippen LogP contribution in [-0.2, 0) is 6.61 Å². The van der Waals surface area contributed by atoms with E-state index in [9.17, 15) is 5.11 Å². The minimum absolute atomic E-state index is 0.0153. The van der Waals surface area contributed by atoms with E-state index in [-0.39, 0.29) is 6.61 Å². The van der Waals surface area contributed by atoms with Gasteiger partial charge in [-0.25, -0.2) is 4.98 Å². The van der Waals surface area contributed by atoms with Crippen molar-refractivity contribution in [3.05, 3.63) is 22.9 Å². The minimum atomic E-state index is -0.0153. The Morgan fingerprint density at radius 1 is 1.35 bits per heavy atom. The van der Waals surface area contributed by atoms with E-state index in [0.717, 1.165) is 29.7 Å². The van der Waals surface area contributed by atoms with Crippen LogP contribution in [0.2, 0.25) is 0 Å². The summed E-state index contributed by atoms with van der Waals surface area (Å²) in [6, 6.07) is 1.96. The number of aromatic nitrogens is 1. The van der Waals surface area contributed by atoms with Gasteiger partial charge in [0.05, 0.1) is 13.2 Å². The largest absolute Gasteiger partial charge is 0.477 e. The molecule has 0 aliphatic rings. The Morgan fingerprint density at radius 3 is 2.65 bits per heavy atom. The lowest BCUT2D eigenvalue weighted by Gasteiger charge is -2.12. The molecule has 1 N–H and O–H groups in total. The summed E-state index contributed by atoms with van der Waals surface area (Å²) in [5.74, 6) is 1.29. The van der Waals surface area contributed by atoms with Crippen molar-refractivity contribution >= 4 is 0 Å². The van der Waals surface area contributed by atoms with Crippen molar-refractivity contribution in [1.29, 1.82) is 0 Å². The van der Waals surface area contributed by atoms with E-state index >= 15 is 0 Å². The number of ether oxygens (including phenoxy) is 1. The molecule has 1 rings (SSSR count). The predicted molar refractivity (Wildman–Crippen MR) is 69.2 cm³/mol. The van der Waals surface area contributed by atoms with Crippen LogP contribution in [0.3, 0.4) is 0 Å². The number of aliphatic hydroxyl groups is 1. The first kappa shape index (κ1) is 14.0. The fraction of sp³-hybridized carbons (Fsp3) is 0.643. The number of hydrogen-bond acceptors (Lipinski definition) is 3. The van der Waals surface area contributed by atoms with Gasteiger partial charge in [-0.1, -0.05) is 13.8 Å². The zero-order valence-electron chi connectivity index (χ0n) is 11.3. The van der Waals surface area contributed by atoms with Crippen LogP contribution < -0.4 is 4.74 Å². The first-order valence-electron chi connectivity index (χ1n) is 6.25. The van der Waals surface area contributed by atoms with Crippen molar-refractivity contribution < 1.29 is 9.84 Å². The highest BCUT2D eigenvalue weighted by Crippen LogP contribution is 2.21. The van der Waals surface area contributed by atoms with Gasteiger partial charge in [0.1, 0.15) is 0 Å². The molecule has 0 aliphatic carbocycles. The van der Waals surface area contributed by atoms with Crippen molar-refractivity contribution in [2.75, 3.05) is 6.61 Å². The summed E-state index contributed by atoms with van der Waals surface area (Å²) in [6.45, 7) is 8.97. The van der Waals surface area contributed by atoms with Gasteiger partial charge in [0.25, 0.3) is 0 Å². The monoisotopic (exact) mass is 237 g/mol. The molecule has 1 aromatic rings. The van der Waals surface area contributed by atoms with Gasteiger partial charge >= 0.3 is 0 Å². The SMILES string of the molecule is Cc1cc(C)c(CO)c(OCCCC(C)C)n1. The third kappa shape index (κ3) is 4.35. The van der Waals surface area contributed by atoms with Gasteiger partial charge < -0.3 is 9.84 Å². The van der Waals surface area contributed by atoms with Crippen LogP contribution in [0.15, 0.2) is 6.07 Å². The maximum atomic E-state index is 9.31. The highest BCUT2D eigenvalue weighted by atomic mass is 16.5. The molecule has 1 aromatic heterocycles. The number of rotatable bonds is 6. The molecule has 1 heterocycles. The zero-order valence-corrected chi connectivity index (χ0v) is 11.3. The van der Waals surface area contributed by atoms with Gasteiger partial charge in [0.2, 0.25) is 5.88 Å². The Bertz CT molecular complexity index is 361. The molecule has 17 heavy (non-hydrogen) atoms. The van der Waals surface area contributed by atoms with Crippen LogP contribution in [0.1, 0.15) is 43.5 Å². The molecule has 0 radical (unpaired) electrons. The highest BCUT2D eigenvalue weighted by molar-refractivity contribution is 5.35. The van der Waals surface area contributed by atoms with Crippen LogP contribution in [0.25, 0.3) is 0 Å². The second kappa shape index (κ2) is 6.60. The van der Waals surface area contributed by atoms with Gasteiger partial charge in [-0.3, -0.25) is 0 Å². The second-order valence-electron chi connectivity index (χ2n) is 4.91. The summed E-state index contributed by atoms with van der Waals surface area (Å²) in [5.41, 5.74) is 2.78. The molecule has 3 heteroatoms. The fourth-order valence-corrected chi connectivity index (χ4v) is 1.80. The van der Waals surface area contributed by atoms with E-state index in [1.807, 2.05) is 19.9 Å². The summed E-state index contributed by atoms with van der Waals surface area (Å²) in [7, 11) is 0. The molecule has 0 atom stereocenters. The summed E-state index contributed by atoms with van der Waals surface area (Å²) in [6.07, 6.45) is 2.18. The summed E-state index contributed by atoms with van der Waals surface area (Å²) >= 11 is 0. The van der Waals surface area contributed by atoms with E-state index < -0.39 is 0 Å². The average molecular weight is 237 g/mol. The zero-order chi connectivity index (χ0) is 12.8. The van der Waals surface area contributed by atoms with E-state index in [1.165, 1.54) is 0 Å². The van der Waals surface area contributed by atoms with Gasteiger partial charge in [0.15, 0.2) is 0 Å². The third-order valence-corrected chi connectivity index (χ3v) is 2.76. The van der Waals surface area contributed by atoms with E-state index in [4.69, 9.17) is 4.74 Å². The Balaban J connectivity index is 2.63. The lowest BCUT2D eigenvalue weighted by Crippen LogP contribution is -2.06. The number of hydrogen-bond donors (Lipinski definition) is 1. The Morgan fingerprint density at radius 2 is 2.06 bits per heavy atom. The topological polar surface area (TPSA) is 42.4 Å². The second-order valence-corrected chi connectivity index (χ2v) is 4.91. The highest BCUT2D eigenvalue weighted by Gasteiger charge is 2.09. The Hall–Kier alpha value is -1.09. The molecule has 0 unspecified atom stereocenters. The van der Waals surface area contributed by atoms with E-state index in [1.54, 1.807) is 0 Å². The molecule has 0 spiro atoms. The number of aliphatic hydroxyl groups excluding tert-OH is 1. The number of aryl methyl sites for hydroxylation is 2. The van der Waals surface area contributed by atoms with Crippen molar-refractivity contribution in [2.45, 2.75) is 47.1 Å². The summed E-state index contributed by atoms with van der Waals surface area (Å²) < 4.78 is 5.67. The third-order valence-electron chi connectivity index (χ3n) is 2.76. The van der Waals surface area contributed by atoms with Crippen LogP contribution >= 0.6 is 0 Å². The molecule has 0 aromatic carbocycles. The normalized spacial score (nSPS) is 10.9. The van der Waals surface area contributed by atoms with Crippen molar-refractivity contribution in [3.63, 3.8) is 0 Å². The van der Waals surface area contributed by atoms with Crippen LogP contribution in [-0.4, -0.2) is 16.7 Å². The number of pyridine rings is 1. The molecule has 0 amide bonds. The quantitative estimate of drug-likeness (QED) is 0.773. The predicted octanol–water partition coefficient (Wildman–Crippen LogP) is 3.01. The fourth-order valence-electron chi connectivity index (χ4n) is 1.80. The Labute approximate surface area is 104 Å². The van der Waals surface area contributed by atoms with Gasteiger partial charge in [0, 0.05) is 11.3 Å². The molecular formula is C14H23NO2. The first-order valence-corrected chi connectivity index (χ1v) is 6.25. The van der Waals surface area contributed by atoms with E-state index in [2.05, 4.69) is 18.8 Å². The average Bonchev–Trinajstić information content (AvgIpc) is 2.23. The lowest BCUT2D eigenvalue weighted by atomic mass is 10.1. The molecule has 0 bridgehead atoms. The van der Waals surface area contributed by atoms with Crippen molar-refractivity contribution in [2.24, 2.45) is 5.92 Å². The Kier molecular flexibility index (Phi) is 5.42. The molecule has 0 saturated heterocycles. The molecule has 0 aliphatic heterocycles. The molecular weight excluding hydrogens is 214 g/mol. The summed E-state index contributed by atoms with van der Waals surface area (Å²) in [4.78, 5) is 4.34. The summed E-state index contributed by atoms with van der Waals surface area (Å²) in [5, 5.41) is 9.31. The van der Waals surface area contributed by atoms with Crippen LogP contribution in [0.4, 0.5) is 0 Å². The first-order chi connectivity index (χ1) is 8.04. The van der Waals surface area contributed by atoms with E-state index in [0.29, 0.717) is 18.4 Å². The molecule has 3 nitrogen and oxygen atoms in total. The lowest BCUT2D eigenvalue weighted by molar-refractivity contribution is 0.250. The smallest absolute Gasteiger partial charge is 0.219 e. The van der Waals surface area contributed by atoms with Crippen molar-refractivity contribution in [1.82, 2.24) is 4.98 Å². The van der Waals surface area contributed by atoms with Crippen molar-refractivity contribution in [3.8, 4) is 5.88 Å². The number of nitrogens with zero attached hydrogens (tertiary/aromatic N) is 1. The molecule has 96 valence electrons. The van der Waals surface area contributed by atoms with Gasteiger partial charge in [-0.15, -0.1) is 0 Å². The van der Waals surface area contributed by atoms with Gasteiger partial charge in [-0.05, 0) is 44.2 Å². The molecule has 0 fully saturated rings. The maximum absolute atomic E-state index is 9.31. The standard InChI is InChI=1S/C14H23NO2/c1-10(2)6-5-7-17-14-13(9-16)11(3)8-12(4)15-14/h8,10,16H,5-7,9H2,1-4H3. The van der Waals surface area contributed by atoms with Crippen LogP contribution in [0.5, 0.6) is 5.88 Å². The maximum Gasteiger partial charge on any atom is 0.219 e. The molecule has 0 saturated carbocycles. The van der Waals surface area contributed by atoms with Crippen LogP contribution in [0, 0.1) is 19.8 Å². The minimum Gasteiger partial charge on any atom is -0.477 e. The van der Waals surface area contributed by atoms with Gasteiger partial charge in [-0.2, -0.15) is 0 Å².